The van der Waals surface area contributed by atoms with Crippen LogP contribution < -0.4 is 5.32 Å². The van der Waals surface area contributed by atoms with Crippen molar-refractivity contribution in [3.63, 3.8) is 0 Å². The van der Waals surface area contributed by atoms with Crippen LogP contribution in [0.5, 0.6) is 0 Å². The number of rotatable bonds is 1. The van der Waals surface area contributed by atoms with Gasteiger partial charge in [0.2, 0.25) is 5.78 Å². The molecule has 6 heteroatoms. The molecule has 0 fully saturated rings. The van der Waals surface area contributed by atoms with Crippen LogP contribution in [0.3, 0.4) is 0 Å². The Morgan fingerprint density at radius 1 is 1.00 bits per heavy atom. The first-order valence-electron chi connectivity index (χ1n) is 8.43. The highest BCUT2D eigenvalue weighted by atomic mass is 16.1. The Morgan fingerprint density at radius 2 is 1.85 bits per heavy atom. The van der Waals surface area contributed by atoms with Crippen LogP contribution in [0.2, 0.25) is 0 Å². The van der Waals surface area contributed by atoms with Crippen molar-refractivity contribution < 1.29 is 4.79 Å². The Bertz CT molecular complexity index is 1210. The van der Waals surface area contributed by atoms with E-state index in [2.05, 4.69) is 20.3 Å². The molecule has 26 heavy (non-hydrogen) atoms. The number of ketones is 1. The Morgan fingerprint density at radius 3 is 2.77 bits per heavy atom. The van der Waals surface area contributed by atoms with Crippen LogP contribution in [0.25, 0.3) is 16.6 Å². The van der Waals surface area contributed by atoms with Crippen molar-refractivity contribution in [2.45, 2.75) is 13.0 Å². The van der Waals surface area contributed by atoms with E-state index >= 15 is 0 Å². The predicted octanol–water partition coefficient (Wildman–Crippen LogP) is 3.33. The maximum absolute atomic E-state index is 12.9. The van der Waals surface area contributed by atoms with Gasteiger partial charge in [-0.1, -0.05) is 30.3 Å². The second-order valence-corrected chi connectivity index (χ2v) is 6.27. The number of carbonyl (C=O) groups excluding carboxylic acids is 1. The first kappa shape index (κ1) is 14.8. The molecule has 6 nitrogen and oxygen atoms in total. The van der Waals surface area contributed by atoms with E-state index in [1.54, 1.807) is 11.3 Å². The third kappa shape index (κ3) is 2.19. The number of benzene rings is 1. The standard InChI is InChI=1S/C20H15N5O/c1-12-18(26)17-20(23-16-8-4-5-11-25(16)17)24-19(21-12)15-10-9-13-6-2-3-7-14(13)22-15/h2-12H,1H3,(H,21,24)/t12-/m0/s1. The summed E-state index contributed by atoms with van der Waals surface area (Å²) >= 11 is 0. The number of hydrogen-bond acceptors (Lipinski definition) is 5. The fraction of sp³-hybridized carbons (Fsp3) is 0.100. The first-order valence-corrected chi connectivity index (χ1v) is 8.43. The summed E-state index contributed by atoms with van der Waals surface area (Å²) in [5, 5.41) is 4.28. The smallest absolute Gasteiger partial charge is 0.207 e. The minimum atomic E-state index is -0.521. The molecule has 5 rings (SSSR count). The fourth-order valence-corrected chi connectivity index (χ4v) is 3.24. The lowest BCUT2D eigenvalue weighted by Gasteiger charge is -2.08. The molecule has 1 atom stereocenters. The van der Waals surface area contributed by atoms with Gasteiger partial charge in [0.1, 0.15) is 23.1 Å². The topological polar surface area (TPSA) is 71.7 Å². The van der Waals surface area contributed by atoms with Crippen LogP contribution in [0.4, 0.5) is 5.82 Å². The van der Waals surface area contributed by atoms with E-state index in [0.29, 0.717) is 23.0 Å². The van der Waals surface area contributed by atoms with Crippen molar-refractivity contribution in [1.29, 1.82) is 0 Å². The summed E-state index contributed by atoms with van der Waals surface area (Å²) in [5.74, 6) is 1.00. The van der Waals surface area contributed by atoms with Gasteiger partial charge in [-0.15, -0.1) is 0 Å². The lowest BCUT2D eigenvalue weighted by atomic mass is 10.1. The van der Waals surface area contributed by atoms with Gasteiger partial charge in [-0.25, -0.2) is 9.97 Å². The maximum Gasteiger partial charge on any atom is 0.207 e. The zero-order valence-corrected chi connectivity index (χ0v) is 14.0. The molecule has 0 saturated carbocycles. The zero-order valence-electron chi connectivity index (χ0n) is 14.0. The van der Waals surface area contributed by atoms with E-state index in [1.165, 1.54) is 0 Å². The van der Waals surface area contributed by atoms with E-state index in [-0.39, 0.29) is 5.78 Å². The highest BCUT2D eigenvalue weighted by Gasteiger charge is 2.28. The molecule has 1 aliphatic heterocycles. The van der Waals surface area contributed by atoms with Crippen molar-refractivity contribution in [1.82, 2.24) is 14.4 Å². The summed E-state index contributed by atoms with van der Waals surface area (Å²) in [6, 6.07) is 17.0. The van der Waals surface area contributed by atoms with Gasteiger partial charge in [-0.2, -0.15) is 0 Å². The minimum absolute atomic E-state index is 0.0676. The number of imidazole rings is 1. The Hall–Kier alpha value is -3.54. The number of para-hydroxylation sites is 1. The average Bonchev–Trinajstić information content (AvgIpc) is 2.98. The van der Waals surface area contributed by atoms with E-state index < -0.39 is 6.04 Å². The number of amidine groups is 1. The van der Waals surface area contributed by atoms with Crippen molar-refractivity contribution in [3.05, 3.63) is 72.2 Å². The maximum atomic E-state index is 12.9. The summed E-state index contributed by atoms with van der Waals surface area (Å²) in [5.41, 5.74) is 2.81. The van der Waals surface area contributed by atoms with Crippen molar-refractivity contribution in [3.8, 4) is 0 Å². The van der Waals surface area contributed by atoms with Crippen LogP contribution in [0.1, 0.15) is 23.1 Å². The number of nitrogens with one attached hydrogen (secondary N) is 1. The molecule has 126 valence electrons. The lowest BCUT2D eigenvalue weighted by Crippen LogP contribution is -2.18. The summed E-state index contributed by atoms with van der Waals surface area (Å²) in [7, 11) is 0. The second kappa shape index (κ2) is 5.49. The third-order valence-electron chi connectivity index (χ3n) is 4.54. The predicted molar refractivity (Wildman–Crippen MR) is 101 cm³/mol. The quantitative estimate of drug-likeness (QED) is 0.576. The number of aromatic nitrogens is 3. The zero-order chi connectivity index (χ0) is 17.7. The second-order valence-electron chi connectivity index (χ2n) is 6.27. The van der Waals surface area contributed by atoms with E-state index in [1.807, 2.05) is 60.8 Å². The van der Waals surface area contributed by atoms with E-state index in [0.717, 1.165) is 16.6 Å². The van der Waals surface area contributed by atoms with Gasteiger partial charge in [0.15, 0.2) is 11.7 Å². The Labute approximate surface area is 149 Å². The van der Waals surface area contributed by atoms with Gasteiger partial charge >= 0.3 is 0 Å². The number of aliphatic imine (C=N–C) groups is 1. The molecule has 0 saturated heterocycles. The number of carbonyl (C=O) groups is 1. The minimum Gasteiger partial charge on any atom is -0.321 e. The van der Waals surface area contributed by atoms with Gasteiger partial charge in [0, 0.05) is 11.6 Å². The lowest BCUT2D eigenvalue weighted by molar-refractivity contribution is 0.0965. The number of fused-ring (bicyclic) bond motifs is 4. The molecular formula is C20H15N5O. The van der Waals surface area contributed by atoms with E-state index in [4.69, 9.17) is 0 Å². The Kier molecular flexibility index (Phi) is 3.12. The molecule has 3 aromatic heterocycles. The normalized spacial score (nSPS) is 16.9. The molecule has 0 aliphatic carbocycles. The van der Waals surface area contributed by atoms with E-state index in [9.17, 15) is 4.79 Å². The van der Waals surface area contributed by atoms with Crippen molar-refractivity contribution in [2.75, 3.05) is 5.32 Å². The van der Waals surface area contributed by atoms with Crippen LogP contribution in [0.15, 0.2) is 65.8 Å². The number of anilines is 1. The largest absolute Gasteiger partial charge is 0.321 e. The molecule has 1 aromatic carbocycles. The van der Waals surface area contributed by atoms with Crippen molar-refractivity contribution >= 4 is 34.0 Å². The van der Waals surface area contributed by atoms with Crippen LogP contribution >= 0.6 is 0 Å². The number of pyridine rings is 2. The summed E-state index contributed by atoms with van der Waals surface area (Å²) in [4.78, 5) is 26.7. The molecule has 0 radical (unpaired) electrons. The molecule has 0 amide bonds. The Balaban J connectivity index is 1.67. The van der Waals surface area contributed by atoms with Crippen LogP contribution in [-0.2, 0) is 0 Å². The SMILES string of the molecule is C[C@@H]1N=C(c2ccc3ccccc3n2)Nc2nc3ccccn3c2C1=O. The molecule has 0 spiro atoms. The summed E-state index contributed by atoms with van der Waals surface area (Å²) in [6.07, 6.45) is 1.84. The number of hydrogen-bond donors (Lipinski definition) is 1. The number of Topliss-reactive ketones (excluding diaryl/α,β-unsaturated/α-hetero) is 1. The molecule has 1 aliphatic rings. The summed E-state index contributed by atoms with van der Waals surface area (Å²) < 4.78 is 1.80. The first-order chi connectivity index (χ1) is 12.7. The van der Waals surface area contributed by atoms with Gasteiger partial charge in [0.05, 0.1) is 5.52 Å². The third-order valence-corrected chi connectivity index (χ3v) is 4.54. The van der Waals surface area contributed by atoms with Gasteiger partial charge in [-0.05, 0) is 31.2 Å². The molecule has 0 bridgehead atoms. The highest BCUT2D eigenvalue weighted by molar-refractivity contribution is 6.15. The van der Waals surface area contributed by atoms with Crippen molar-refractivity contribution in [2.24, 2.45) is 4.99 Å². The highest BCUT2D eigenvalue weighted by Crippen LogP contribution is 2.24. The molecule has 4 heterocycles. The molecule has 1 N–H and O–H groups in total. The van der Waals surface area contributed by atoms with Crippen LogP contribution in [0, 0.1) is 0 Å². The molecule has 0 unspecified atom stereocenters. The molecular weight excluding hydrogens is 326 g/mol. The fourth-order valence-electron chi connectivity index (χ4n) is 3.24. The molecule has 4 aromatic rings. The van der Waals surface area contributed by atoms with Crippen LogP contribution in [-0.4, -0.2) is 32.0 Å². The van der Waals surface area contributed by atoms with Gasteiger partial charge < -0.3 is 5.32 Å². The average molecular weight is 341 g/mol. The van der Waals surface area contributed by atoms with Gasteiger partial charge in [-0.3, -0.25) is 14.2 Å². The van der Waals surface area contributed by atoms with Gasteiger partial charge in [0.25, 0.3) is 0 Å². The monoisotopic (exact) mass is 341 g/mol. The summed E-state index contributed by atoms with van der Waals surface area (Å²) in [6.45, 7) is 1.79. The number of nitrogens with zero attached hydrogens (tertiary/aromatic N) is 4.